The van der Waals surface area contributed by atoms with Gasteiger partial charge in [0.05, 0.1) is 0 Å². The zero-order valence-corrected chi connectivity index (χ0v) is 8.10. The first-order chi connectivity index (χ1) is 5.74. The zero-order valence-electron chi connectivity index (χ0n) is 8.10. The number of rotatable bonds is 2. The molecule has 0 saturated heterocycles. The van der Waals surface area contributed by atoms with Crippen LogP contribution in [0.15, 0.2) is 0 Å². The lowest BCUT2D eigenvalue weighted by molar-refractivity contribution is -0.122. The van der Waals surface area contributed by atoms with E-state index in [1.807, 2.05) is 6.92 Å². The third kappa shape index (κ3) is 2.50. The molecule has 0 radical (unpaired) electrons. The van der Waals surface area contributed by atoms with Gasteiger partial charge in [-0.3, -0.25) is 4.79 Å². The molecule has 2 atom stereocenters. The molecule has 1 aliphatic carbocycles. The number of amides is 1. The number of carbonyl (C=O) groups excluding carboxylic acids is 1. The first-order valence-corrected chi connectivity index (χ1v) is 5.03. The highest BCUT2D eigenvalue weighted by atomic mass is 16.1. The molecule has 2 heteroatoms. The second-order valence-corrected chi connectivity index (χ2v) is 3.79. The molecule has 1 amide bonds. The van der Waals surface area contributed by atoms with Crippen molar-refractivity contribution >= 4 is 5.91 Å². The number of hydrogen-bond acceptors (Lipinski definition) is 1. The smallest absolute Gasteiger partial charge is 0.219 e. The van der Waals surface area contributed by atoms with Crippen molar-refractivity contribution in [3.05, 3.63) is 0 Å². The molecule has 0 bridgehead atoms. The van der Waals surface area contributed by atoms with Crippen LogP contribution in [0, 0.1) is 5.92 Å². The van der Waals surface area contributed by atoms with Gasteiger partial charge in [-0.15, -0.1) is 0 Å². The number of hydrogen-bond donors (Lipinski definition) is 1. The average molecular weight is 169 g/mol. The van der Waals surface area contributed by atoms with Crippen LogP contribution in [-0.2, 0) is 4.79 Å². The fourth-order valence-corrected chi connectivity index (χ4v) is 1.84. The van der Waals surface area contributed by atoms with Crippen LogP contribution < -0.4 is 5.32 Å². The maximum Gasteiger partial charge on any atom is 0.219 e. The number of carbonyl (C=O) groups is 1. The van der Waals surface area contributed by atoms with Crippen LogP contribution in [0.5, 0.6) is 0 Å². The molecule has 0 aliphatic heterocycles. The fourth-order valence-electron chi connectivity index (χ4n) is 1.84. The summed E-state index contributed by atoms with van der Waals surface area (Å²) >= 11 is 0. The normalized spacial score (nSPS) is 29.8. The molecule has 1 rings (SSSR count). The zero-order chi connectivity index (χ0) is 8.97. The topological polar surface area (TPSA) is 29.1 Å². The maximum absolute atomic E-state index is 11.1. The highest BCUT2D eigenvalue weighted by Crippen LogP contribution is 2.23. The molecule has 1 saturated carbocycles. The Morgan fingerprint density at radius 2 is 2.08 bits per heavy atom. The van der Waals surface area contributed by atoms with E-state index in [1.54, 1.807) is 0 Å². The Morgan fingerprint density at radius 3 is 2.67 bits per heavy atom. The molecular formula is C10H19NO. The third-order valence-electron chi connectivity index (χ3n) is 2.78. The largest absolute Gasteiger partial charge is 0.353 e. The van der Waals surface area contributed by atoms with Crippen LogP contribution in [-0.4, -0.2) is 11.9 Å². The molecule has 0 spiro atoms. The van der Waals surface area contributed by atoms with Crippen molar-refractivity contribution in [1.82, 2.24) is 5.32 Å². The predicted octanol–water partition coefficient (Wildman–Crippen LogP) is 2.09. The highest BCUT2D eigenvalue weighted by molar-refractivity contribution is 5.75. The van der Waals surface area contributed by atoms with Crippen molar-refractivity contribution in [2.24, 2.45) is 5.92 Å². The Hall–Kier alpha value is -0.530. The Bertz CT molecular complexity index is 156. The lowest BCUT2D eigenvalue weighted by atomic mass is 9.86. The van der Waals surface area contributed by atoms with Crippen molar-refractivity contribution in [3.8, 4) is 0 Å². The highest BCUT2D eigenvalue weighted by Gasteiger charge is 2.21. The third-order valence-corrected chi connectivity index (χ3v) is 2.78. The molecule has 12 heavy (non-hydrogen) atoms. The SMILES string of the molecule is CCC(=O)N[C@@H]1CCCCC1C. The van der Waals surface area contributed by atoms with Gasteiger partial charge >= 0.3 is 0 Å². The molecule has 2 nitrogen and oxygen atoms in total. The van der Waals surface area contributed by atoms with Crippen LogP contribution in [0.25, 0.3) is 0 Å². The van der Waals surface area contributed by atoms with Crippen LogP contribution in [0.3, 0.4) is 0 Å². The Kier molecular flexibility index (Phi) is 3.57. The van der Waals surface area contributed by atoms with Crippen LogP contribution >= 0.6 is 0 Å². The second kappa shape index (κ2) is 4.48. The van der Waals surface area contributed by atoms with Gasteiger partial charge < -0.3 is 5.32 Å². The van der Waals surface area contributed by atoms with E-state index in [9.17, 15) is 4.79 Å². The van der Waals surface area contributed by atoms with Crippen molar-refractivity contribution in [3.63, 3.8) is 0 Å². The Balaban J connectivity index is 2.33. The van der Waals surface area contributed by atoms with Crippen LogP contribution in [0.4, 0.5) is 0 Å². The maximum atomic E-state index is 11.1. The van der Waals surface area contributed by atoms with Gasteiger partial charge in [0.1, 0.15) is 0 Å². The van der Waals surface area contributed by atoms with Crippen molar-refractivity contribution in [2.75, 3.05) is 0 Å². The number of nitrogens with one attached hydrogen (secondary N) is 1. The summed E-state index contributed by atoms with van der Waals surface area (Å²) in [5.74, 6) is 0.878. The van der Waals surface area contributed by atoms with Gasteiger partial charge in [-0.05, 0) is 18.8 Å². The van der Waals surface area contributed by atoms with E-state index >= 15 is 0 Å². The summed E-state index contributed by atoms with van der Waals surface area (Å²) < 4.78 is 0. The molecule has 1 unspecified atom stereocenters. The van der Waals surface area contributed by atoms with Crippen molar-refractivity contribution in [2.45, 2.75) is 52.0 Å². The molecular weight excluding hydrogens is 150 g/mol. The molecule has 1 N–H and O–H groups in total. The van der Waals surface area contributed by atoms with Gasteiger partial charge in [0.2, 0.25) is 5.91 Å². The lowest BCUT2D eigenvalue weighted by Gasteiger charge is -2.29. The van der Waals surface area contributed by atoms with E-state index in [0.717, 1.165) is 0 Å². The molecule has 0 aromatic rings. The van der Waals surface area contributed by atoms with E-state index in [4.69, 9.17) is 0 Å². The van der Waals surface area contributed by atoms with Gasteiger partial charge in [0.15, 0.2) is 0 Å². The Labute approximate surface area is 74.7 Å². The van der Waals surface area contributed by atoms with Gasteiger partial charge in [-0.25, -0.2) is 0 Å². The summed E-state index contributed by atoms with van der Waals surface area (Å²) in [7, 11) is 0. The van der Waals surface area contributed by atoms with Gasteiger partial charge in [-0.1, -0.05) is 26.7 Å². The molecule has 0 heterocycles. The van der Waals surface area contributed by atoms with Gasteiger partial charge in [0.25, 0.3) is 0 Å². The van der Waals surface area contributed by atoms with Crippen LogP contribution in [0.1, 0.15) is 46.0 Å². The minimum Gasteiger partial charge on any atom is -0.353 e. The van der Waals surface area contributed by atoms with E-state index < -0.39 is 0 Å². The molecule has 0 aromatic heterocycles. The Morgan fingerprint density at radius 1 is 1.42 bits per heavy atom. The average Bonchev–Trinajstić information content (AvgIpc) is 2.09. The summed E-state index contributed by atoms with van der Waals surface area (Å²) in [6.07, 6.45) is 5.67. The first-order valence-electron chi connectivity index (χ1n) is 5.03. The predicted molar refractivity (Wildman–Crippen MR) is 49.9 cm³/mol. The second-order valence-electron chi connectivity index (χ2n) is 3.79. The molecule has 1 fully saturated rings. The quantitative estimate of drug-likeness (QED) is 0.673. The standard InChI is InChI=1S/C10H19NO/c1-3-10(12)11-9-7-5-4-6-8(9)2/h8-9H,3-7H2,1-2H3,(H,11,12)/t8?,9-/m1/s1. The van der Waals surface area contributed by atoms with Gasteiger partial charge in [0, 0.05) is 12.5 Å². The van der Waals surface area contributed by atoms with Crippen molar-refractivity contribution < 1.29 is 4.79 Å². The molecule has 70 valence electrons. The summed E-state index contributed by atoms with van der Waals surface area (Å²) in [5, 5.41) is 3.08. The lowest BCUT2D eigenvalue weighted by Crippen LogP contribution is -2.40. The van der Waals surface area contributed by atoms with E-state index in [0.29, 0.717) is 18.4 Å². The fraction of sp³-hybridized carbons (Fsp3) is 0.900. The van der Waals surface area contributed by atoms with Gasteiger partial charge in [-0.2, -0.15) is 0 Å². The summed E-state index contributed by atoms with van der Waals surface area (Å²) in [5.41, 5.74) is 0. The van der Waals surface area contributed by atoms with E-state index in [2.05, 4.69) is 12.2 Å². The molecule has 0 aromatic carbocycles. The minimum atomic E-state index is 0.203. The van der Waals surface area contributed by atoms with Crippen molar-refractivity contribution in [1.29, 1.82) is 0 Å². The summed E-state index contributed by atoms with van der Waals surface area (Å²) in [6.45, 7) is 4.14. The van der Waals surface area contributed by atoms with E-state index in [-0.39, 0.29) is 5.91 Å². The molecule has 1 aliphatic rings. The van der Waals surface area contributed by atoms with Crippen LogP contribution in [0.2, 0.25) is 0 Å². The summed E-state index contributed by atoms with van der Waals surface area (Å²) in [6, 6.07) is 0.450. The summed E-state index contributed by atoms with van der Waals surface area (Å²) in [4.78, 5) is 11.1. The first kappa shape index (κ1) is 9.56. The van der Waals surface area contributed by atoms with E-state index in [1.165, 1.54) is 25.7 Å². The minimum absolute atomic E-state index is 0.203. The monoisotopic (exact) mass is 169 g/mol.